The number of methoxy groups -OCH3 is 1. The maximum Gasteiger partial charge on any atom is 0.164 e. The Hall–Kier alpha value is -1.25. The van der Waals surface area contributed by atoms with Crippen molar-refractivity contribution >= 4 is 15.9 Å². The van der Waals surface area contributed by atoms with Gasteiger partial charge in [-0.2, -0.15) is 10.2 Å². The van der Waals surface area contributed by atoms with E-state index in [0.717, 1.165) is 28.2 Å². The van der Waals surface area contributed by atoms with Crippen LogP contribution in [0.15, 0.2) is 10.8 Å². The van der Waals surface area contributed by atoms with Gasteiger partial charge >= 0.3 is 0 Å². The number of hydrogen-bond donors (Lipinski definition) is 1. The van der Waals surface area contributed by atoms with Gasteiger partial charge in [0.15, 0.2) is 5.82 Å². The third kappa shape index (κ3) is 3.65. The maximum atomic E-state index is 4.97. The summed E-state index contributed by atoms with van der Waals surface area (Å²) in [5.41, 5.74) is 2.05. The fourth-order valence-electron chi connectivity index (χ4n) is 1.87. The van der Waals surface area contributed by atoms with Crippen LogP contribution in [0.25, 0.3) is 0 Å². The molecule has 0 saturated carbocycles. The van der Waals surface area contributed by atoms with Crippen LogP contribution in [0.2, 0.25) is 0 Å². The molecule has 0 radical (unpaired) electrons. The number of nitrogens with one attached hydrogen (secondary N) is 1. The minimum Gasteiger partial charge on any atom is -0.383 e. The van der Waals surface area contributed by atoms with Crippen molar-refractivity contribution < 1.29 is 4.74 Å². The lowest BCUT2D eigenvalue weighted by molar-refractivity contribution is 0.199. The smallest absolute Gasteiger partial charge is 0.164 e. The van der Waals surface area contributed by atoms with Crippen molar-refractivity contribution in [2.45, 2.75) is 20.0 Å². The first-order chi connectivity index (χ1) is 9.61. The summed E-state index contributed by atoms with van der Waals surface area (Å²) in [7, 11) is 3.61. The zero-order chi connectivity index (χ0) is 14.5. The van der Waals surface area contributed by atoms with Crippen LogP contribution in [-0.2, 0) is 24.9 Å². The SMILES string of the molecule is COCCNCc1ncn(Cc2c(Br)c(C)nn2C)n1. The quantitative estimate of drug-likeness (QED) is 0.756. The second kappa shape index (κ2) is 6.96. The van der Waals surface area contributed by atoms with Gasteiger partial charge in [-0.05, 0) is 22.9 Å². The largest absolute Gasteiger partial charge is 0.383 e. The molecule has 0 saturated heterocycles. The first kappa shape index (κ1) is 15.1. The van der Waals surface area contributed by atoms with E-state index in [0.29, 0.717) is 19.7 Å². The summed E-state index contributed by atoms with van der Waals surface area (Å²) in [4.78, 5) is 4.28. The highest BCUT2D eigenvalue weighted by Crippen LogP contribution is 2.20. The summed E-state index contributed by atoms with van der Waals surface area (Å²) in [5.74, 6) is 0.774. The molecule has 0 fully saturated rings. The van der Waals surface area contributed by atoms with Crippen LogP contribution < -0.4 is 5.32 Å². The summed E-state index contributed by atoms with van der Waals surface area (Å²) in [5, 5.41) is 12.0. The minimum absolute atomic E-state index is 0.641. The predicted molar refractivity (Wildman–Crippen MR) is 78.4 cm³/mol. The molecule has 2 aromatic rings. The van der Waals surface area contributed by atoms with Gasteiger partial charge in [0.05, 0.1) is 35.6 Å². The van der Waals surface area contributed by atoms with Crippen LogP contribution >= 0.6 is 15.9 Å². The molecule has 0 unspecified atom stereocenters. The first-order valence-electron chi connectivity index (χ1n) is 6.37. The lowest BCUT2D eigenvalue weighted by Gasteiger charge is -2.03. The zero-order valence-corrected chi connectivity index (χ0v) is 13.5. The second-order valence-electron chi connectivity index (χ2n) is 4.50. The molecular formula is C12H19BrN6O. The monoisotopic (exact) mass is 342 g/mol. The van der Waals surface area contributed by atoms with E-state index < -0.39 is 0 Å². The number of ether oxygens (including phenoxy) is 1. The zero-order valence-electron chi connectivity index (χ0n) is 11.9. The average Bonchev–Trinajstić information content (AvgIpc) is 2.96. The summed E-state index contributed by atoms with van der Waals surface area (Å²) >= 11 is 3.55. The molecular weight excluding hydrogens is 324 g/mol. The molecule has 0 aliphatic heterocycles. The Balaban J connectivity index is 1.95. The lowest BCUT2D eigenvalue weighted by Crippen LogP contribution is -2.19. The van der Waals surface area contributed by atoms with E-state index in [1.807, 2.05) is 23.3 Å². The van der Waals surface area contributed by atoms with E-state index in [-0.39, 0.29) is 0 Å². The lowest BCUT2D eigenvalue weighted by atomic mass is 10.4. The van der Waals surface area contributed by atoms with Crippen LogP contribution in [-0.4, -0.2) is 44.8 Å². The highest BCUT2D eigenvalue weighted by molar-refractivity contribution is 9.10. The van der Waals surface area contributed by atoms with Crippen LogP contribution in [0, 0.1) is 6.92 Å². The van der Waals surface area contributed by atoms with E-state index >= 15 is 0 Å². The molecule has 0 amide bonds. The van der Waals surface area contributed by atoms with Gasteiger partial charge in [0.25, 0.3) is 0 Å². The van der Waals surface area contributed by atoms with Crippen molar-refractivity contribution in [1.29, 1.82) is 0 Å². The first-order valence-corrected chi connectivity index (χ1v) is 7.17. The molecule has 0 bridgehead atoms. The van der Waals surface area contributed by atoms with Gasteiger partial charge in [0.1, 0.15) is 6.33 Å². The number of aryl methyl sites for hydroxylation is 2. The van der Waals surface area contributed by atoms with Crippen LogP contribution in [0.5, 0.6) is 0 Å². The van der Waals surface area contributed by atoms with E-state index in [1.54, 1.807) is 13.4 Å². The third-order valence-corrected chi connectivity index (χ3v) is 3.95. The summed E-state index contributed by atoms with van der Waals surface area (Å²) in [6.45, 7) is 4.73. The second-order valence-corrected chi connectivity index (χ2v) is 5.29. The number of rotatable bonds is 7. The van der Waals surface area contributed by atoms with Crippen molar-refractivity contribution in [2.75, 3.05) is 20.3 Å². The summed E-state index contributed by atoms with van der Waals surface area (Å²) in [6.07, 6.45) is 1.74. The van der Waals surface area contributed by atoms with Crippen molar-refractivity contribution in [3.8, 4) is 0 Å². The Bertz CT molecular complexity index is 564. The highest BCUT2D eigenvalue weighted by Gasteiger charge is 2.12. The van der Waals surface area contributed by atoms with Gasteiger partial charge in [-0.15, -0.1) is 0 Å². The van der Waals surface area contributed by atoms with Crippen molar-refractivity contribution in [3.05, 3.63) is 28.0 Å². The number of hydrogen-bond acceptors (Lipinski definition) is 5. The van der Waals surface area contributed by atoms with Gasteiger partial charge in [0, 0.05) is 20.7 Å². The van der Waals surface area contributed by atoms with Gasteiger partial charge in [0.2, 0.25) is 0 Å². The van der Waals surface area contributed by atoms with Gasteiger partial charge in [-0.3, -0.25) is 4.68 Å². The van der Waals surface area contributed by atoms with Crippen LogP contribution in [0.1, 0.15) is 17.2 Å². The number of halogens is 1. The number of aromatic nitrogens is 5. The molecule has 8 heteroatoms. The van der Waals surface area contributed by atoms with Crippen molar-refractivity contribution in [3.63, 3.8) is 0 Å². The number of nitrogens with zero attached hydrogens (tertiary/aromatic N) is 5. The molecule has 2 aromatic heterocycles. The van der Waals surface area contributed by atoms with Crippen molar-refractivity contribution in [1.82, 2.24) is 29.9 Å². The fourth-order valence-corrected chi connectivity index (χ4v) is 2.33. The van der Waals surface area contributed by atoms with E-state index in [9.17, 15) is 0 Å². The van der Waals surface area contributed by atoms with E-state index in [1.165, 1.54) is 0 Å². The van der Waals surface area contributed by atoms with E-state index in [4.69, 9.17) is 4.74 Å². The topological polar surface area (TPSA) is 69.8 Å². The fraction of sp³-hybridized carbons (Fsp3) is 0.583. The Morgan fingerprint density at radius 1 is 1.40 bits per heavy atom. The molecule has 7 nitrogen and oxygen atoms in total. The maximum absolute atomic E-state index is 4.97. The van der Waals surface area contributed by atoms with E-state index in [2.05, 4.69) is 36.4 Å². The van der Waals surface area contributed by atoms with Crippen molar-refractivity contribution in [2.24, 2.45) is 7.05 Å². The highest BCUT2D eigenvalue weighted by atomic mass is 79.9. The molecule has 110 valence electrons. The van der Waals surface area contributed by atoms with Crippen LogP contribution in [0.4, 0.5) is 0 Å². The summed E-state index contributed by atoms with van der Waals surface area (Å²) < 4.78 is 9.67. The Morgan fingerprint density at radius 3 is 2.85 bits per heavy atom. The Kier molecular flexibility index (Phi) is 5.27. The molecule has 1 N–H and O–H groups in total. The molecule has 0 aliphatic carbocycles. The molecule has 20 heavy (non-hydrogen) atoms. The molecule has 0 atom stereocenters. The molecule has 2 rings (SSSR count). The van der Waals surface area contributed by atoms with Gasteiger partial charge in [-0.1, -0.05) is 0 Å². The van der Waals surface area contributed by atoms with Gasteiger partial charge < -0.3 is 10.1 Å². The molecule has 0 aromatic carbocycles. The molecule has 2 heterocycles. The predicted octanol–water partition coefficient (Wildman–Crippen LogP) is 0.867. The standard InChI is InChI=1S/C12H19BrN6O/c1-9-12(13)10(18(2)16-9)7-19-8-15-11(17-19)6-14-4-5-20-3/h8,14H,4-7H2,1-3H3. The average molecular weight is 343 g/mol. The Labute approximate surface area is 126 Å². The molecule has 0 spiro atoms. The minimum atomic E-state index is 0.641. The third-order valence-electron chi connectivity index (χ3n) is 2.92. The van der Waals surface area contributed by atoms with Crippen LogP contribution in [0.3, 0.4) is 0 Å². The van der Waals surface area contributed by atoms with Gasteiger partial charge in [-0.25, -0.2) is 9.67 Å². The Morgan fingerprint density at radius 2 is 2.20 bits per heavy atom. The molecule has 0 aliphatic rings. The normalized spacial score (nSPS) is 11.2. The summed E-state index contributed by atoms with van der Waals surface area (Å²) in [6, 6.07) is 0.